The van der Waals surface area contributed by atoms with Crippen LogP contribution in [0.2, 0.25) is 0 Å². The maximum Gasteiger partial charge on any atom is 0.253 e. The molecule has 1 N–H and O–H groups in total. The van der Waals surface area contributed by atoms with Gasteiger partial charge in [0.25, 0.3) is 5.91 Å². The van der Waals surface area contributed by atoms with Crippen molar-refractivity contribution < 1.29 is 23.9 Å². The van der Waals surface area contributed by atoms with Crippen molar-refractivity contribution in [3.63, 3.8) is 0 Å². The summed E-state index contributed by atoms with van der Waals surface area (Å²) in [6, 6.07) is 10.4. The van der Waals surface area contributed by atoms with Gasteiger partial charge < -0.3 is 24.6 Å². The summed E-state index contributed by atoms with van der Waals surface area (Å²) in [6.45, 7) is 2.14. The highest BCUT2D eigenvalue weighted by Crippen LogP contribution is 2.40. The number of methoxy groups -OCH3 is 2. The summed E-state index contributed by atoms with van der Waals surface area (Å²) in [6.07, 6.45) is 4.75. The van der Waals surface area contributed by atoms with Crippen molar-refractivity contribution in [3.05, 3.63) is 42.0 Å². The number of nitrogens with zero attached hydrogens (tertiary/aromatic N) is 3. The fraction of sp³-hybridized carbons (Fsp3) is 0.444. The number of anilines is 3. The van der Waals surface area contributed by atoms with Gasteiger partial charge in [0.2, 0.25) is 11.8 Å². The highest BCUT2D eigenvalue weighted by atomic mass is 16.5. The van der Waals surface area contributed by atoms with Gasteiger partial charge in [-0.15, -0.1) is 0 Å². The molecule has 1 unspecified atom stereocenters. The average Bonchev–Trinajstić information content (AvgIpc) is 3.45. The Morgan fingerprint density at radius 3 is 2.42 bits per heavy atom. The van der Waals surface area contributed by atoms with E-state index in [0.717, 1.165) is 57.4 Å². The predicted molar refractivity (Wildman–Crippen MR) is 137 cm³/mol. The third-order valence-corrected chi connectivity index (χ3v) is 7.24. The number of carbonyl (C=O) groups excluding carboxylic acids is 3. The minimum Gasteiger partial charge on any atom is -0.493 e. The molecule has 0 radical (unpaired) electrons. The second-order valence-electron chi connectivity index (χ2n) is 9.45. The van der Waals surface area contributed by atoms with Gasteiger partial charge in [-0.25, -0.2) is 0 Å². The monoisotopic (exact) mass is 492 g/mol. The van der Waals surface area contributed by atoms with Crippen molar-refractivity contribution in [2.75, 3.05) is 55.5 Å². The number of piperidine rings is 1. The molecule has 0 bridgehead atoms. The summed E-state index contributed by atoms with van der Waals surface area (Å²) in [7, 11) is 3.08. The lowest BCUT2D eigenvalue weighted by molar-refractivity contribution is -0.123. The molecule has 1 atom stereocenters. The number of nitrogens with one attached hydrogen (secondary N) is 1. The van der Waals surface area contributed by atoms with Crippen molar-refractivity contribution in [2.24, 2.45) is 0 Å². The number of carbonyl (C=O) groups is 3. The minimum atomic E-state index is -0.331. The van der Waals surface area contributed by atoms with Gasteiger partial charge in [0.15, 0.2) is 11.5 Å². The van der Waals surface area contributed by atoms with Crippen molar-refractivity contribution in [2.45, 2.75) is 38.1 Å². The minimum absolute atomic E-state index is 0.0294. The predicted octanol–water partition coefficient (Wildman–Crippen LogP) is 3.28. The largest absolute Gasteiger partial charge is 0.493 e. The van der Waals surface area contributed by atoms with E-state index in [2.05, 4.69) is 10.2 Å². The second-order valence-corrected chi connectivity index (χ2v) is 9.45. The Morgan fingerprint density at radius 2 is 1.67 bits per heavy atom. The lowest BCUT2D eigenvalue weighted by atomic mass is 9.95. The number of hydrogen-bond donors (Lipinski definition) is 1. The topological polar surface area (TPSA) is 91.4 Å². The second kappa shape index (κ2) is 10.1. The van der Waals surface area contributed by atoms with Crippen molar-refractivity contribution in [1.82, 2.24) is 4.90 Å². The molecule has 0 aromatic heterocycles. The zero-order chi connectivity index (χ0) is 25.2. The van der Waals surface area contributed by atoms with Gasteiger partial charge in [-0.1, -0.05) is 0 Å². The third-order valence-electron chi connectivity index (χ3n) is 7.24. The first-order chi connectivity index (χ1) is 17.5. The van der Waals surface area contributed by atoms with E-state index in [0.29, 0.717) is 28.4 Å². The highest BCUT2D eigenvalue weighted by Gasteiger charge is 2.40. The van der Waals surface area contributed by atoms with Gasteiger partial charge in [-0.3, -0.25) is 19.3 Å². The highest BCUT2D eigenvalue weighted by molar-refractivity contribution is 6.11. The molecule has 0 spiro atoms. The molecule has 3 aliphatic heterocycles. The summed E-state index contributed by atoms with van der Waals surface area (Å²) >= 11 is 0. The maximum atomic E-state index is 13.6. The SMILES string of the molecule is COc1ccc(NC(=O)CN2C(=O)C3CCCCN3c3ccc(C(=O)N4CCCC4)cc32)cc1OC. The molecule has 36 heavy (non-hydrogen) atoms. The molecule has 5 rings (SSSR count). The smallest absolute Gasteiger partial charge is 0.253 e. The third kappa shape index (κ3) is 4.45. The van der Waals surface area contributed by atoms with Crippen LogP contribution in [0.1, 0.15) is 42.5 Å². The number of fused-ring (bicyclic) bond motifs is 3. The van der Waals surface area contributed by atoms with Crippen LogP contribution < -0.4 is 24.6 Å². The van der Waals surface area contributed by atoms with Crippen LogP contribution in [0, 0.1) is 0 Å². The van der Waals surface area contributed by atoms with Gasteiger partial charge >= 0.3 is 0 Å². The van der Waals surface area contributed by atoms with Crippen LogP contribution >= 0.6 is 0 Å². The number of likely N-dealkylation sites (tertiary alicyclic amines) is 1. The number of amides is 3. The zero-order valence-corrected chi connectivity index (χ0v) is 20.8. The molecule has 9 heteroatoms. The number of hydrogen-bond acceptors (Lipinski definition) is 6. The molecular formula is C27H32N4O5. The Labute approximate surface area is 210 Å². The summed E-state index contributed by atoms with van der Waals surface area (Å²) in [5, 5.41) is 2.86. The van der Waals surface area contributed by atoms with E-state index in [1.807, 2.05) is 17.0 Å². The Hall–Kier alpha value is -3.75. The Balaban J connectivity index is 1.43. The van der Waals surface area contributed by atoms with Crippen LogP contribution in [0.5, 0.6) is 11.5 Å². The number of benzene rings is 2. The fourth-order valence-electron chi connectivity index (χ4n) is 5.41. The van der Waals surface area contributed by atoms with Crippen LogP contribution in [0.25, 0.3) is 0 Å². The van der Waals surface area contributed by atoms with Crippen molar-refractivity contribution in [3.8, 4) is 11.5 Å². The zero-order valence-electron chi connectivity index (χ0n) is 20.8. The van der Waals surface area contributed by atoms with Gasteiger partial charge in [0.05, 0.1) is 25.6 Å². The van der Waals surface area contributed by atoms with E-state index in [1.165, 1.54) is 7.11 Å². The summed E-state index contributed by atoms with van der Waals surface area (Å²) in [5.41, 5.74) is 2.60. The van der Waals surface area contributed by atoms with Crippen LogP contribution in [0.3, 0.4) is 0 Å². The van der Waals surface area contributed by atoms with Crippen molar-refractivity contribution >= 4 is 34.8 Å². The standard InChI is InChI=1S/C27H32N4O5/c1-35-23-11-9-19(16-24(23)36-2)28-25(32)17-31-22-15-18(26(33)29-12-5-6-13-29)8-10-20(22)30-14-4-3-7-21(30)27(31)34/h8-11,15-16,21H,3-7,12-14,17H2,1-2H3,(H,28,32). The van der Waals surface area contributed by atoms with Gasteiger partial charge in [0.1, 0.15) is 12.6 Å². The van der Waals surface area contributed by atoms with E-state index in [4.69, 9.17) is 9.47 Å². The first kappa shape index (κ1) is 24.0. The molecule has 190 valence electrons. The molecular weight excluding hydrogens is 460 g/mol. The Bertz CT molecular complexity index is 1180. The lowest BCUT2D eigenvalue weighted by Gasteiger charge is -2.45. The Kier molecular flexibility index (Phi) is 6.71. The van der Waals surface area contributed by atoms with E-state index < -0.39 is 0 Å². The van der Waals surface area contributed by atoms with E-state index in [-0.39, 0.29) is 30.3 Å². The molecule has 3 aliphatic rings. The molecule has 0 aliphatic carbocycles. The molecule has 3 amide bonds. The molecule has 2 saturated heterocycles. The summed E-state index contributed by atoms with van der Waals surface area (Å²) < 4.78 is 10.6. The molecule has 0 saturated carbocycles. The average molecular weight is 493 g/mol. The molecule has 9 nitrogen and oxygen atoms in total. The van der Waals surface area contributed by atoms with Gasteiger partial charge in [-0.2, -0.15) is 0 Å². The molecule has 3 heterocycles. The van der Waals surface area contributed by atoms with E-state index in [1.54, 1.807) is 36.3 Å². The van der Waals surface area contributed by atoms with Crippen LogP contribution in [0.4, 0.5) is 17.1 Å². The van der Waals surface area contributed by atoms with E-state index in [9.17, 15) is 14.4 Å². The van der Waals surface area contributed by atoms with E-state index >= 15 is 0 Å². The Morgan fingerprint density at radius 1 is 0.917 bits per heavy atom. The maximum absolute atomic E-state index is 13.6. The quantitative estimate of drug-likeness (QED) is 0.666. The normalized spacial score (nSPS) is 19.0. The van der Waals surface area contributed by atoms with Crippen LogP contribution in [0.15, 0.2) is 36.4 Å². The molecule has 2 aromatic rings. The summed E-state index contributed by atoms with van der Waals surface area (Å²) in [5.74, 6) is 0.594. The first-order valence-electron chi connectivity index (χ1n) is 12.5. The number of ether oxygens (including phenoxy) is 2. The van der Waals surface area contributed by atoms with Crippen LogP contribution in [-0.4, -0.2) is 69.1 Å². The van der Waals surface area contributed by atoms with Gasteiger partial charge in [0, 0.05) is 37.0 Å². The van der Waals surface area contributed by atoms with Gasteiger partial charge in [-0.05, 0) is 62.4 Å². The molecule has 2 aromatic carbocycles. The fourth-order valence-corrected chi connectivity index (χ4v) is 5.41. The first-order valence-corrected chi connectivity index (χ1v) is 12.5. The summed E-state index contributed by atoms with van der Waals surface area (Å²) in [4.78, 5) is 45.3. The van der Waals surface area contributed by atoms with Crippen LogP contribution in [-0.2, 0) is 9.59 Å². The molecule has 2 fully saturated rings. The lowest BCUT2D eigenvalue weighted by Crippen LogP contribution is -2.56. The van der Waals surface area contributed by atoms with Crippen molar-refractivity contribution in [1.29, 1.82) is 0 Å². The number of rotatable bonds is 6.